The number of esters is 1. The molecule has 0 unspecified atom stereocenters. The predicted molar refractivity (Wildman–Crippen MR) is 80.0 cm³/mol. The first-order valence-corrected chi connectivity index (χ1v) is 7.19. The fraction of sp³-hybridized carbons (Fsp3) is 0.500. The van der Waals surface area contributed by atoms with Crippen LogP contribution in [0.15, 0.2) is 6.07 Å². The molecule has 1 aliphatic carbocycles. The SMILES string of the molecule is CC(=N)[C@H](C#N)C(=O)COC(=O)c1cc(C)n(C2CC2)c1C. The maximum atomic E-state index is 12.1. The highest BCUT2D eigenvalue weighted by molar-refractivity contribution is 6.06. The molecule has 0 spiro atoms. The van der Waals surface area contributed by atoms with E-state index in [1.165, 1.54) is 6.92 Å². The first-order chi connectivity index (χ1) is 10.4. The molecule has 6 nitrogen and oxygen atoms in total. The van der Waals surface area contributed by atoms with Crippen molar-refractivity contribution < 1.29 is 14.3 Å². The van der Waals surface area contributed by atoms with Crippen LogP contribution < -0.4 is 0 Å². The van der Waals surface area contributed by atoms with Crippen LogP contribution in [0.4, 0.5) is 0 Å². The highest BCUT2D eigenvalue weighted by Gasteiger charge is 2.29. The van der Waals surface area contributed by atoms with Crippen molar-refractivity contribution in [1.82, 2.24) is 4.57 Å². The van der Waals surface area contributed by atoms with Crippen LogP contribution in [0.3, 0.4) is 0 Å². The number of nitrogens with one attached hydrogen (secondary N) is 1. The Labute approximate surface area is 129 Å². The lowest BCUT2D eigenvalue weighted by molar-refractivity contribution is -0.122. The van der Waals surface area contributed by atoms with Gasteiger partial charge in [0.05, 0.1) is 11.6 Å². The van der Waals surface area contributed by atoms with Gasteiger partial charge in [0.15, 0.2) is 12.4 Å². The Bertz CT molecular complexity index is 678. The molecule has 22 heavy (non-hydrogen) atoms. The second kappa shape index (κ2) is 6.14. The van der Waals surface area contributed by atoms with E-state index in [1.807, 2.05) is 13.8 Å². The van der Waals surface area contributed by atoms with Crippen molar-refractivity contribution >= 4 is 17.5 Å². The second-order valence-electron chi connectivity index (χ2n) is 5.67. The van der Waals surface area contributed by atoms with Gasteiger partial charge < -0.3 is 14.7 Å². The van der Waals surface area contributed by atoms with E-state index >= 15 is 0 Å². The molecule has 6 heteroatoms. The van der Waals surface area contributed by atoms with Crippen LogP contribution in [0.25, 0.3) is 0 Å². The first-order valence-electron chi connectivity index (χ1n) is 7.19. The third kappa shape index (κ3) is 3.08. The van der Waals surface area contributed by atoms with Gasteiger partial charge in [0.2, 0.25) is 0 Å². The Hall–Kier alpha value is -2.42. The molecule has 1 heterocycles. The monoisotopic (exact) mass is 301 g/mol. The van der Waals surface area contributed by atoms with Crippen molar-refractivity contribution in [3.8, 4) is 6.07 Å². The zero-order chi connectivity index (χ0) is 16.4. The summed E-state index contributed by atoms with van der Waals surface area (Å²) in [6.45, 7) is 4.71. The summed E-state index contributed by atoms with van der Waals surface area (Å²) in [6, 6.07) is 3.98. The summed E-state index contributed by atoms with van der Waals surface area (Å²) in [6.07, 6.45) is 2.23. The van der Waals surface area contributed by atoms with Gasteiger partial charge in [0, 0.05) is 23.1 Å². The molecule has 0 radical (unpaired) electrons. The molecule has 1 aliphatic rings. The van der Waals surface area contributed by atoms with Gasteiger partial charge in [-0.05, 0) is 39.7 Å². The number of hydrogen-bond donors (Lipinski definition) is 1. The molecule has 1 aromatic rings. The maximum absolute atomic E-state index is 12.1. The zero-order valence-electron chi connectivity index (χ0n) is 13.0. The summed E-state index contributed by atoms with van der Waals surface area (Å²) in [5.41, 5.74) is 2.26. The fourth-order valence-electron chi connectivity index (χ4n) is 2.59. The number of ether oxygens (including phenoxy) is 1. The molecule has 1 fully saturated rings. The normalized spacial score (nSPS) is 15.0. The smallest absolute Gasteiger partial charge is 0.340 e. The number of nitriles is 1. The number of nitrogens with zero attached hydrogens (tertiary/aromatic N) is 2. The van der Waals surface area contributed by atoms with Crippen LogP contribution >= 0.6 is 0 Å². The zero-order valence-corrected chi connectivity index (χ0v) is 13.0. The largest absolute Gasteiger partial charge is 0.454 e. The molecule has 1 N–H and O–H groups in total. The molecule has 2 rings (SSSR count). The minimum Gasteiger partial charge on any atom is -0.454 e. The van der Waals surface area contributed by atoms with Gasteiger partial charge in [-0.1, -0.05) is 0 Å². The summed E-state index contributed by atoms with van der Waals surface area (Å²) < 4.78 is 7.15. The Morgan fingerprint density at radius 1 is 1.50 bits per heavy atom. The van der Waals surface area contributed by atoms with Gasteiger partial charge in [-0.3, -0.25) is 4.79 Å². The number of hydrogen-bond acceptors (Lipinski definition) is 5. The number of carbonyl (C=O) groups excluding carboxylic acids is 2. The molecule has 1 atom stereocenters. The minimum atomic E-state index is -1.15. The number of rotatable bonds is 6. The maximum Gasteiger partial charge on any atom is 0.340 e. The molecule has 0 saturated heterocycles. The van der Waals surface area contributed by atoms with E-state index in [-0.39, 0.29) is 5.71 Å². The van der Waals surface area contributed by atoms with Crippen LogP contribution in [0, 0.1) is 36.5 Å². The summed E-state index contributed by atoms with van der Waals surface area (Å²) in [4.78, 5) is 23.9. The highest BCUT2D eigenvalue weighted by atomic mass is 16.5. The first kappa shape index (κ1) is 16.0. The quantitative estimate of drug-likeness (QED) is 0.644. The molecule has 1 aromatic heterocycles. The van der Waals surface area contributed by atoms with E-state index in [0.717, 1.165) is 24.2 Å². The number of ketones is 1. The van der Waals surface area contributed by atoms with Gasteiger partial charge in [0.25, 0.3) is 0 Å². The Balaban J connectivity index is 2.04. The molecule has 1 saturated carbocycles. The van der Waals surface area contributed by atoms with Crippen molar-refractivity contribution in [3.63, 3.8) is 0 Å². The molecule has 0 aromatic carbocycles. The lowest BCUT2D eigenvalue weighted by atomic mass is 10.0. The summed E-state index contributed by atoms with van der Waals surface area (Å²) in [7, 11) is 0. The second-order valence-corrected chi connectivity index (χ2v) is 5.67. The van der Waals surface area contributed by atoms with E-state index in [0.29, 0.717) is 11.6 Å². The van der Waals surface area contributed by atoms with Gasteiger partial charge in [0.1, 0.15) is 5.92 Å². The third-order valence-electron chi connectivity index (χ3n) is 3.85. The molecule has 116 valence electrons. The van der Waals surface area contributed by atoms with Crippen LogP contribution in [-0.4, -0.2) is 28.6 Å². The van der Waals surface area contributed by atoms with Crippen LogP contribution in [-0.2, 0) is 9.53 Å². The average Bonchev–Trinajstić information content (AvgIpc) is 3.22. The Kier molecular flexibility index (Phi) is 4.45. The standard InChI is InChI=1S/C16H19N3O3/c1-9-6-13(11(3)19(9)12-4-5-12)16(21)22-8-15(20)14(7-17)10(2)18/h6,12,14,18H,4-5,8H2,1-3H3/t14-/m0/s1. The van der Waals surface area contributed by atoms with Gasteiger partial charge in [-0.15, -0.1) is 0 Å². The molecule has 0 amide bonds. The van der Waals surface area contributed by atoms with Crippen molar-refractivity contribution in [1.29, 1.82) is 10.7 Å². The number of Topliss-reactive ketones (excluding diaryl/α,β-unsaturated/α-hetero) is 1. The lowest BCUT2D eigenvalue weighted by Gasteiger charge is -2.09. The van der Waals surface area contributed by atoms with Crippen molar-refractivity contribution in [2.75, 3.05) is 6.61 Å². The van der Waals surface area contributed by atoms with Crippen molar-refractivity contribution in [2.45, 2.75) is 39.7 Å². The average molecular weight is 301 g/mol. The fourth-order valence-corrected chi connectivity index (χ4v) is 2.59. The lowest BCUT2D eigenvalue weighted by Crippen LogP contribution is -2.25. The summed E-state index contributed by atoms with van der Waals surface area (Å²) in [5.74, 6) is -2.28. The van der Waals surface area contributed by atoms with E-state index in [4.69, 9.17) is 15.4 Å². The number of carbonyl (C=O) groups is 2. The highest BCUT2D eigenvalue weighted by Crippen LogP contribution is 2.38. The minimum absolute atomic E-state index is 0.0459. The van der Waals surface area contributed by atoms with E-state index in [2.05, 4.69) is 4.57 Å². The Morgan fingerprint density at radius 3 is 2.64 bits per heavy atom. The van der Waals surface area contributed by atoms with Gasteiger partial charge >= 0.3 is 5.97 Å². The summed E-state index contributed by atoms with van der Waals surface area (Å²) >= 11 is 0. The van der Waals surface area contributed by atoms with E-state index in [1.54, 1.807) is 12.1 Å². The molecular weight excluding hydrogens is 282 g/mol. The van der Waals surface area contributed by atoms with Gasteiger partial charge in [-0.25, -0.2) is 4.79 Å². The van der Waals surface area contributed by atoms with E-state index < -0.39 is 24.3 Å². The molecular formula is C16H19N3O3. The predicted octanol–water partition coefficient (Wildman–Crippen LogP) is 2.35. The summed E-state index contributed by atoms with van der Waals surface area (Å²) in [5, 5.41) is 16.2. The van der Waals surface area contributed by atoms with Crippen LogP contribution in [0.2, 0.25) is 0 Å². The number of aromatic nitrogens is 1. The van der Waals surface area contributed by atoms with Crippen LogP contribution in [0.1, 0.15) is 47.6 Å². The van der Waals surface area contributed by atoms with Gasteiger partial charge in [-0.2, -0.15) is 5.26 Å². The number of aryl methyl sites for hydroxylation is 1. The topological polar surface area (TPSA) is 95.9 Å². The molecule has 0 aliphatic heterocycles. The van der Waals surface area contributed by atoms with E-state index in [9.17, 15) is 9.59 Å². The third-order valence-corrected chi connectivity index (χ3v) is 3.85. The molecule has 0 bridgehead atoms. The van der Waals surface area contributed by atoms with Crippen molar-refractivity contribution in [3.05, 3.63) is 23.0 Å². The van der Waals surface area contributed by atoms with Crippen LogP contribution in [0.5, 0.6) is 0 Å². The Morgan fingerprint density at radius 2 is 2.14 bits per heavy atom. The van der Waals surface area contributed by atoms with Crippen molar-refractivity contribution in [2.24, 2.45) is 5.92 Å².